The molecule has 2 aromatic rings. The number of esters is 1. The maximum atomic E-state index is 11.7. The highest BCUT2D eigenvalue weighted by atomic mass is 16.5. The molecule has 5 heteroatoms. The summed E-state index contributed by atoms with van der Waals surface area (Å²) < 4.78 is 6.51. The largest absolute Gasteiger partial charge is 0.464 e. The maximum absolute atomic E-state index is 11.7. The summed E-state index contributed by atoms with van der Waals surface area (Å²) in [5.74, 6) is -0.436. The van der Waals surface area contributed by atoms with Crippen LogP contribution in [0.5, 0.6) is 0 Å². The van der Waals surface area contributed by atoms with Gasteiger partial charge in [-0.05, 0) is 37.0 Å². The Labute approximate surface area is 118 Å². The number of aryl methyl sites for hydroxylation is 2. The van der Waals surface area contributed by atoms with Gasteiger partial charge in [0.15, 0.2) is 5.69 Å². The number of ether oxygens (including phenoxy) is 1. The molecule has 0 unspecified atom stereocenters. The minimum Gasteiger partial charge on any atom is -0.464 e. The Morgan fingerprint density at radius 1 is 1.30 bits per heavy atom. The average Bonchev–Trinajstić information content (AvgIpc) is 2.85. The predicted octanol–water partition coefficient (Wildman–Crippen LogP) is 2.29. The van der Waals surface area contributed by atoms with Gasteiger partial charge in [-0.25, -0.2) is 9.48 Å². The number of carbonyl (C=O) groups is 1. The fraction of sp³-hybridized carbons (Fsp3) is 0.400. The lowest BCUT2D eigenvalue weighted by Crippen LogP contribution is -2.11. The first-order valence-electron chi connectivity index (χ1n) is 6.64. The molecule has 0 bridgehead atoms. The second kappa shape index (κ2) is 5.86. The Morgan fingerprint density at radius 2 is 1.95 bits per heavy atom. The number of hydrogen-bond acceptors (Lipinski definition) is 4. The molecule has 1 aromatic heterocycles. The molecule has 0 fully saturated rings. The van der Waals surface area contributed by atoms with Gasteiger partial charge in [-0.1, -0.05) is 30.3 Å². The van der Waals surface area contributed by atoms with Gasteiger partial charge >= 0.3 is 5.97 Å². The van der Waals surface area contributed by atoms with Crippen molar-refractivity contribution < 1.29 is 9.53 Å². The van der Waals surface area contributed by atoms with Crippen molar-refractivity contribution in [1.82, 2.24) is 15.0 Å². The maximum Gasteiger partial charge on any atom is 0.360 e. The Balaban J connectivity index is 2.40. The van der Waals surface area contributed by atoms with Crippen LogP contribution in [0.15, 0.2) is 18.2 Å². The molecule has 0 aliphatic carbocycles. The van der Waals surface area contributed by atoms with Crippen LogP contribution in [0.1, 0.15) is 39.8 Å². The molecule has 0 amide bonds. The molecule has 0 spiro atoms. The van der Waals surface area contributed by atoms with E-state index in [9.17, 15) is 4.79 Å². The van der Waals surface area contributed by atoms with E-state index in [1.54, 1.807) is 4.68 Å². The molecule has 20 heavy (non-hydrogen) atoms. The molecular formula is C15H19N3O2. The SMILES string of the molecule is CCc1c(C(=O)OC)nnn1Cc1c(C)cccc1C. The third kappa shape index (κ3) is 2.57. The Bertz CT molecular complexity index is 612. The fourth-order valence-electron chi connectivity index (χ4n) is 2.31. The molecule has 0 saturated carbocycles. The van der Waals surface area contributed by atoms with E-state index < -0.39 is 5.97 Å². The minimum atomic E-state index is -0.436. The summed E-state index contributed by atoms with van der Waals surface area (Å²) in [5.41, 5.74) is 4.74. The van der Waals surface area contributed by atoms with Gasteiger partial charge in [0.05, 0.1) is 19.3 Å². The lowest BCUT2D eigenvalue weighted by molar-refractivity contribution is 0.0592. The van der Waals surface area contributed by atoms with E-state index in [1.807, 2.05) is 13.0 Å². The third-order valence-corrected chi connectivity index (χ3v) is 3.50. The summed E-state index contributed by atoms with van der Waals surface area (Å²) in [7, 11) is 1.35. The van der Waals surface area contributed by atoms with Crippen LogP contribution in [0.3, 0.4) is 0 Å². The first-order chi connectivity index (χ1) is 9.58. The first-order valence-corrected chi connectivity index (χ1v) is 6.64. The summed E-state index contributed by atoms with van der Waals surface area (Å²) in [6.07, 6.45) is 0.683. The summed E-state index contributed by atoms with van der Waals surface area (Å²) in [6.45, 7) is 6.75. The molecule has 0 N–H and O–H groups in total. The Kier molecular flexibility index (Phi) is 4.17. The number of nitrogens with zero attached hydrogens (tertiary/aromatic N) is 3. The third-order valence-electron chi connectivity index (χ3n) is 3.50. The van der Waals surface area contributed by atoms with Crippen molar-refractivity contribution in [3.05, 3.63) is 46.3 Å². The van der Waals surface area contributed by atoms with E-state index in [2.05, 4.69) is 36.3 Å². The molecule has 0 aliphatic rings. The van der Waals surface area contributed by atoms with Gasteiger partial charge in [0.1, 0.15) is 0 Å². The standard InChI is InChI=1S/C15H19N3O2/c1-5-13-14(15(19)20-4)16-17-18(13)9-12-10(2)7-6-8-11(12)3/h6-8H,5,9H2,1-4H3. The van der Waals surface area contributed by atoms with E-state index in [4.69, 9.17) is 4.74 Å². The van der Waals surface area contributed by atoms with Gasteiger partial charge in [0.25, 0.3) is 0 Å². The van der Waals surface area contributed by atoms with E-state index in [0.29, 0.717) is 18.7 Å². The van der Waals surface area contributed by atoms with Crippen LogP contribution in [0.2, 0.25) is 0 Å². The number of rotatable bonds is 4. The first kappa shape index (κ1) is 14.2. The summed E-state index contributed by atoms with van der Waals surface area (Å²) in [5, 5.41) is 8.05. The second-order valence-corrected chi connectivity index (χ2v) is 4.76. The number of benzene rings is 1. The fourth-order valence-corrected chi connectivity index (χ4v) is 2.31. The van der Waals surface area contributed by atoms with Crippen molar-refractivity contribution in [2.24, 2.45) is 0 Å². The molecule has 0 atom stereocenters. The van der Waals surface area contributed by atoms with Crippen LogP contribution in [-0.4, -0.2) is 28.1 Å². The predicted molar refractivity (Wildman–Crippen MR) is 75.8 cm³/mol. The number of hydrogen-bond donors (Lipinski definition) is 0. The van der Waals surface area contributed by atoms with Crippen molar-refractivity contribution in [3.8, 4) is 0 Å². The van der Waals surface area contributed by atoms with Crippen molar-refractivity contribution in [3.63, 3.8) is 0 Å². The lowest BCUT2D eigenvalue weighted by atomic mass is 10.0. The molecule has 1 aromatic carbocycles. The zero-order valence-electron chi connectivity index (χ0n) is 12.3. The van der Waals surface area contributed by atoms with Gasteiger partial charge in [0, 0.05) is 0 Å². The van der Waals surface area contributed by atoms with Gasteiger partial charge in [-0.15, -0.1) is 5.10 Å². The zero-order valence-corrected chi connectivity index (χ0v) is 12.3. The lowest BCUT2D eigenvalue weighted by Gasteiger charge is -2.11. The van der Waals surface area contributed by atoms with Gasteiger partial charge in [-0.3, -0.25) is 0 Å². The van der Waals surface area contributed by atoms with Gasteiger partial charge in [-0.2, -0.15) is 0 Å². The van der Waals surface area contributed by atoms with Crippen LogP contribution >= 0.6 is 0 Å². The molecular weight excluding hydrogens is 254 g/mol. The molecule has 0 radical (unpaired) electrons. The van der Waals surface area contributed by atoms with Crippen molar-refractivity contribution in [2.45, 2.75) is 33.7 Å². The van der Waals surface area contributed by atoms with Crippen molar-refractivity contribution >= 4 is 5.97 Å². The second-order valence-electron chi connectivity index (χ2n) is 4.76. The Hall–Kier alpha value is -2.17. The van der Waals surface area contributed by atoms with Crippen LogP contribution in [0, 0.1) is 13.8 Å². The van der Waals surface area contributed by atoms with Gasteiger partial charge in [0.2, 0.25) is 0 Å². The van der Waals surface area contributed by atoms with Crippen LogP contribution in [0.25, 0.3) is 0 Å². The number of carbonyl (C=O) groups excluding carboxylic acids is 1. The normalized spacial score (nSPS) is 10.6. The molecule has 1 heterocycles. The molecule has 2 rings (SSSR count). The van der Waals surface area contributed by atoms with E-state index in [-0.39, 0.29) is 0 Å². The highest BCUT2D eigenvalue weighted by Crippen LogP contribution is 2.17. The van der Waals surface area contributed by atoms with Gasteiger partial charge < -0.3 is 4.74 Å². The Morgan fingerprint density at radius 3 is 2.50 bits per heavy atom. The van der Waals surface area contributed by atoms with Crippen molar-refractivity contribution in [2.75, 3.05) is 7.11 Å². The van der Waals surface area contributed by atoms with Crippen molar-refractivity contribution in [1.29, 1.82) is 0 Å². The van der Waals surface area contributed by atoms with Crippen LogP contribution in [0.4, 0.5) is 0 Å². The smallest absolute Gasteiger partial charge is 0.360 e. The quantitative estimate of drug-likeness (QED) is 0.802. The monoisotopic (exact) mass is 273 g/mol. The molecule has 5 nitrogen and oxygen atoms in total. The van der Waals surface area contributed by atoms with E-state index >= 15 is 0 Å². The van der Waals surface area contributed by atoms with E-state index in [1.165, 1.54) is 23.8 Å². The number of methoxy groups -OCH3 is 1. The summed E-state index contributed by atoms with van der Waals surface area (Å²) in [6, 6.07) is 6.19. The topological polar surface area (TPSA) is 57.0 Å². The molecule has 0 saturated heterocycles. The average molecular weight is 273 g/mol. The summed E-state index contributed by atoms with van der Waals surface area (Å²) in [4.78, 5) is 11.7. The molecule has 0 aliphatic heterocycles. The van der Waals surface area contributed by atoms with E-state index in [0.717, 1.165) is 5.69 Å². The number of aromatic nitrogens is 3. The minimum absolute atomic E-state index is 0.307. The van der Waals surface area contributed by atoms with Crippen LogP contribution in [-0.2, 0) is 17.7 Å². The summed E-state index contributed by atoms with van der Waals surface area (Å²) >= 11 is 0. The highest BCUT2D eigenvalue weighted by Gasteiger charge is 2.19. The molecule has 106 valence electrons. The zero-order chi connectivity index (χ0) is 14.7. The van der Waals surface area contributed by atoms with Crippen LogP contribution < -0.4 is 0 Å². The highest BCUT2D eigenvalue weighted by molar-refractivity contribution is 5.88.